The number of halogens is 1. The second-order valence-electron chi connectivity index (χ2n) is 6.63. The van der Waals surface area contributed by atoms with Crippen molar-refractivity contribution in [3.63, 3.8) is 0 Å². The quantitative estimate of drug-likeness (QED) is 0.446. The van der Waals surface area contributed by atoms with E-state index in [-0.39, 0.29) is 6.42 Å². The van der Waals surface area contributed by atoms with Crippen molar-refractivity contribution in [1.82, 2.24) is 10.3 Å². The molecular formula is C21H22FN3O5. The SMILES string of the molecule is COc1ccc(-c2nc3ccc(F)cc3o2)cc1NC(=O)NCCCCCC(=O)O. The number of ether oxygens (including phenoxy) is 1. The number of hydrogen-bond acceptors (Lipinski definition) is 5. The van der Waals surface area contributed by atoms with Gasteiger partial charge in [0.15, 0.2) is 5.58 Å². The molecule has 0 radical (unpaired) electrons. The Balaban J connectivity index is 1.65. The standard InChI is InChI=1S/C21H22FN3O5/c1-29-17-9-6-13(20-24-15-8-7-14(22)12-18(15)30-20)11-16(17)25-21(28)23-10-4-2-3-5-19(26)27/h6-9,11-12H,2-5,10H2,1H3,(H,26,27)(H2,23,25,28). The lowest BCUT2D eigenvalue weighted by Gasteiger charge is -2.12. The summed E-state index contributed by atoms with van der Waals surface area (Å²) < 4.78 is 24.3. The number of aliphatic carboxylic acids is 1. The smallest absolute Gasteiger partial charge is 0.319 e. The summed E-state index contributed by atoms with van der Waals surface area (Å²) in [6, 6.07) is 8.75. The highest BCUT2D eigenvalue weighted by Gasteiger charge is 2.13. The largest absolute Gasteiger partial charge is 0.495 e. The van der Waals surface area contributed by atoms with Crippen LogP contribution in [0.2, 0.25) is 0 Å². The number of nitrogens with zero attached hydrogens (tertiary/aromatic N) is 1. The van der Waals surface area contributed by atoms with Gasteiger partial charge in [-0.2, -0.15) is 0 Å². The van der Waals surface area contributed by atoms with E-state index in [2.05, 4.69) is 15.6 Å². The van der Waals surface area contributed by atoms with Gasteiger partial charge < -0.3 is 24.9 Å². The monoisotopic (exact) mass is 415 g/mol. The molecule has 1 aromatic heterocycles. The van der Waals surface area contributed by atoms with Crippen LogP contribution in [-0.4, -0.2) is 35.7 Å². The molecule has 0 fully saturated rings. The minimum Gasteiger partial charge on any atom is -0.495 e. The van der Waals surface area contributed by atoms with Crippen LogP contribution in [0, 0.1) is 5.82 Å². The molecule has 0 bridgehead atoms. The van der Waals surface area contributed by atoms with Gasteiger partial charge in [-0.3, -0.25) is 4.79 Å². The summed E-state index contributed by atoms with van der Waals surface area (Å²) in [5.41, 5.74) is 1.87. The minimum absolute atomic E-state index is 0.124. The maximum atomic E-state index is 13.4. The van der Waals surface area contributed by atoms with Gasteiger partial charge in [0.25, 0.3) is 0 Å². The number of aromatic nitrogens is 1. The Kier molecular flexibility index (Phi) is 6.84. The van der Waals surface area contributed by atoms with Crippen LogP contribution in [0.5, 0.6) is 5.75 Å². The number of methoxy groups -OCH3 is 1. The van der Waals surface area contributed by atoms with Crippen molar-refractivity contribution in [2.24, 2.45) is 0 Å². The van der Waals surface area contributed by atoms with Crippen molar-refractivity contribution >= 4 is 28.8 Å². The van der Waals surface area contributed by atoms with Crippen LogP contribution in [0.15, 0.2) is 40.8 Å². The first-order chi connectivity index (χ1) is 14.5. The van der Waals surface area contributed by atoms with E-state index >= 15 is 0 Å². The molecule has 0 saturated heterocycles. The number of anilines is 1. The molecule has 0 atom stereocenters. The Hall–Kier alpha value is -3.62. The van der Waals surface area contributed by atoms with Gasteiger partial charge >= 0.3 is 12.0 Å². The Bertz CT molecular complexity index is 1050. The molecule has 1 heterocycles. The highest BCUT2D eigenvalue weighted by molar-refractivity contribution is 5.92. The fourth-order valence-corrected chi connectivity index (χ4v) is 2.91. The van der Waals surface area contributed by atoms with Crippen molar-refractivity contribution in [1.29, 1.82) is 0 Å². The number of carboxylic acids is 1. The van der Waals surface area contributed by atoms with Crippen LogP contribution in [0.1, 0.15) is 25.7 Å². The van der Waals surface area contributed by atoms with E-state index < -0.39 is 17.8 Å². The van der Waals surface area contributed by atoms with Crippen LogP contribution in [0.25, 0.3) is 22.6 Å². The third kappa shape index (κ3) is 5.47. The summed E-state index contributed by atoms with van der Waals surface area (Å²) >= 11 is 0. The molecule has 0 unspecified atom stereocenters. The molecular weight excluding hydrogens is 393 g/mol. The van der Waals surface area contributed by atoms with E-state index in [0.717, 1.165) is 0 Å². The van der Waals surface area contributed by atoms with Gasteiger partial charge in [-0.05, 0) is 43.2 Å². The molecule has 0 aliphatic rings. The summed E-state index contributed by atoms with van der Waals surface area (Å²) in [6.07, 6.45) is 2.09. The van der Waals surface area contributed by atoms with Crippen molar-refractivity contribution in [3.8, 4) is 17.2 Å². The van der Waals surface area contributed by atoms with E-state index in [4.69, 9.17) is 14.3 Å². The maximum absolute atomic E-state index is 13.4. The van der Waals surface area contributed by atoms with Crippen LogP contribution in [0.3, 0.4) is 0 Å². The van der Waals surface area contributed by atoms with Crippen molar-refractivity contribution in [2.45, 2.75) is 25.7 Å². The zero-order chi connectivity index (χ0) is 21.5. The molecule has 30 heavy (non-hydrogen) atoms. The lowest BCUT2D eigenvalue weighted by Crippen LogP contribution is -2.29. The van der Waals surface area contributed by atoms with E-state index in [1.807, 2.05) is 0 Å². The summed E-state index contributed by atoms with van der Waals surface area (Å²) in [5, 5.41) is 14.1. The van der Waals surface area contributed by atoms with Gasteiger partial charge in [0.1, 0.15) is 17.1 Å². The number of urea groups is 1. The molecule has 158 valence electrons. The van der Waals surface area contributed by atoms with Gasteiger partial charge in [-0.1, -0.05) is 6.42 Å². The topological polar surface area (TPSA) is 114 Å². The third-order valence-corrected chi connectivity index (χ3v) is 4.40. The second kappa shape index (κ2) is 9.73. The van der Waals surface area contributed by atoms with Gasteiger partial charge in [-0.15, -0.1) is 0 Å². The number of amides is 2. The summed E-state index contributed by atoms with van der Waals surface area (Å²) in [6.45, 7) is 0.421. The molecule has 0 spiro atoms. The minimum atomic E-state index is -0.822. The first-order valence-electron chi connectivity index (χ1n) is 9.47. The number of fused-ring (bicyclic) bond motifs is 1. The zero-order valence-electron chi connectivity index (χ0n) is 16.4. The van der Waals surface area contributed by atoms with E-state index in [1.54, 1.807) is 18.2 Å². The molecule has 3 rings (SSSR count). The molecule has 0 aliphatic heterocycles. The Labute approximate surface area is 172 Å². The predicted octanol–water partition coefficient (Wildman–Crippen LogP) is 4.41. The number of carboxylic acid groups (broad SMARTS) is 1. The Morgan fingerprint density at radius 3 is 2.77 bits per heavy atom. The molecule has 3 aromatic rings. The van der Waals surface area contributed by atoms with Gasteiger partial charge in [0, 0.05) is 24.6 Å². The summed E-state index contributed by atoms with van der Waals surface area (Å²) in [4.78, 5) is 27.0. The highest BCUT2D eigenvalue weighted by atomic mass is 19.1. The molecule has 0 aliphatic carbocycles. The first-order valence-corrected chi connectivity index (χ1v) is 9.47. The van der Waals surface area contributed by atoms with Gasteiger partial charge in [-0.25, -0.2) is 14.2 Å². The number of rotatable bonds is 9. The number of unbranched alkanes of at least 4 members (excludes halogenated alkanes) is 2. The molecule has 9 heteroatoms. The van der Waals surface area contributed by atoms with Crippen LogP contribution < -0.4 is 15.4 Å². The van der Waals surface area contributed by atoms with Crippen LogP contribution in [0.4, 0.5) is 14.9 Å². The van der Waals surface area contributed by atoms with E-state index in [9.17, 15) is 14.0 Å². The average Bonchev–Trinajstić information content (AvgIpc) is 3.13. The number of hydrogen-bond donors (Lipinski definition) is 3. The van der Waals surface area contributed by atoms with E-state index in [0.29, 0.717) is 59.8 Å². The molecule has 0 saturated carbocycles. The highest BCUT2D eigenvalue weighted by Crippen LogP contribution is 2.32. The predicted molar refractivity (Wildman–Crippen MR) is 109 cm³/mol. The van der Waals surface area contributed by atoms with Gasteiger partial charge in [0.2, 0.25) is 5.89 Å². The van der Waals surface area contributed by atoms with Crippen molar-refractivity contribution in [2.75, 3.05) is 19.0 Å². The van der Waals surface area contributed by atoms with E-state index in [1.165, 1.54) is 25.3 Å². The van der Waals surface area contributed by atoms with Crippen LogP contribution in [-0.2, 0) is 4.79 Å². The fourth-order valence-electron chi connectivity index (χ4n) is 2.91. The fraction of sp³-hybridized carbons (Fsp3) is 0.286. The first kappa shape index (κ1) is 21.1. The molecule has 2 aromatic carbocycles. The maximum Gasteiger partial charge on any atom is 0.319 e. The van der Waals surface area contributed by atoms with Gasteiger partial charge in [0.05, 0.1) is 12.8 Å². The number of benzene rings is 2. The lowest BCUT2D eigenvalue weighted by molar-refractivity contribution is -0.137. The Morgan fingerprint density at radius 2 is 2.00 bits per heavy atom. The Morgan fingerprint density at radius 1 is 1.17 bits per heavy atom. The van der Waals surface area contributed by atoms with Crippen molar-refractivity contribution < 1.29 is 28.2 Å². The van der Waals surface area contributed by atoms with Crippen LogP contribution >= 0.6 is 0 Å². The summed E-state index contributed by atoms with van der Waals surface area (Å²) in [7, 11) is 1.49. The molecule has 8 nitrogen and oxygen atoms in total. The third-order valence-electron chi connectivity index (χ3n) is 4.40. The lowest BCUT2D eigenvalue weighted by atomic mass is 10.2. The number of oxazole rings is 1. The average molecular weight is 415 g/mol. The summed E-state index contributed by atoms with van der Waals surface area (Å²) in [5.74, 6) is -0.490. The molecule has 3 N–H and O–H groups in total. The normalized spacial score (nSPS) is 10.7. The second-order valence-corrected chi connectivity index (χ2v) is 6.63. The molecule has 2 amide bonds. The number of carbonyl (C=O) groups is 2. The number of nitrogens with one attached hydrogen (secondary N) is 2. The van der Waals surface area contributed by atoms with Crippen molar-refractivity contribution in [3.05, 3.63) is 42.2 Å². The number of carbonyl (C=O) groups excluding carboxylic acids is 1. The zero-order valence-corrected chi connectivity index (χ0v) is 16.4.